The van der Waals surface area contributed by atoms with Crippen molar-refractivity contribution in [2.24, 2.45) is 17.6 Å². The molecule has 0 radical (unpaired) electrons. The highest BCUT2D eigenvalue weighted by Gasteiger charge is 2.29. The van der Waals surface area contributed by atoms with Crippen LogP contribution >= 0.6 is 12.4 Å². The van der Waals surface area contributed by atoms with Crippen molar-refractivity contribution in [3.05, 3.63) is 35.4 Å². The van der Waals surface area contributed by atoms with Gasteiger partial charge in [0.15, 0.2) is 5.78 Å². The summed E-state index contributed by atoms with van der Waals surface area (Å²) in [5.74, 6) is 0.682. The molecule has 2 N–H and O–H groups in total. The molecule has 2 rings (SSSR count). The van der Waals surface area contributed by atoms with Gasteiger partial charge in [-0.2, -0.15) is 0 Å². The van der Waals surface area contributed by atoms with E-state index in [2.05, 4.69) is 26.0 Å². The summed E-state index contributed by atoms with van der Waals surface area (Å²) < 4.78 is 4.94. The Bertz CT molecular complexity index is 581. The molecule has 0 spiro atoms. The second kappa shape index (κ2) is 10.7. The molecule has 1 aliphatic heterocycles. The van der Waals surface area contributed by atoms with Crippen molar-refractivity contribution >= 4 is 24.1 Å². The SMILES string of the molecule is COCC(N)C(=O)N1CCC(C(=O)c2ccc(CC(C)C)cc2)CC1.Cl. The molecule has 1 atom stereocenters. The Balaban J connectivity index is 0.00000338. The van der Waals surface area contributed by atoms with E-state index in [0.717, 1.165) is 12.0 Å². The summed E-state index contributed by atoms with van der Waals surface area (Å²) in [4.78, 5) is 26.6. The lowest BCUT2D eigenvalue weighted by atomic mass is 9.88. The second-order valence-electron chi connectivity index (χ2n) is 7.32. The van der Waals surface area contributed by atoms with Crippen molar-refractivity contribution in [3.63, 3.8) is 0 Å². The standard InChI is InChI=1S/C20H30N2O3.ClH/c1-14(2)12-15-4-6-16(7-5-15)19(23)17-8-10-22(11-9-17)20(24)18(21)13-25-3;/h4-7,14,17-18H,8-13,21H2,1-3H3;1H. The van der Waals surface area contributed by atoms with E-state index in [4.69, 9.17) is 10.5 Å². The van der Waals surface area contributed by atoms with E-state index in [-0.39, 0.29) is 36.6 Å². The predicted molar refractivity (Wildman–Crippen MR) is 106 cm³/mol. The van der Waals surface area contributed by atoms with Crippen molar-refractivity contribution in [3.8, 4) is 0 Å². The van der Waals surface area contributed by atoms with Gasteiger partial charge >= 0.3 is 0 Å². The van der Waals surface area contributed by atoms with Crippen molar-refractivity contribution in [1.29, 1.82) is 0 Å². The molecule has 0 bridgehead atoms. The third-order valence-corrected chi connectivity index (χ3v) is 4.72. The molecule has 26 heavy (non-hydrogen) atoms. The number of nitrogens with zero attached hydrogens (tertiary/aromatic N) is 1. The Labute approximate surface area is 162 Å². The predicted octanol–water partition coefficient (Wildman–Crippen LogP) is 2.70. The number of benzene rings is 1. The summed E-state index contributed by atoms with van der Waals surface area (Å²) in [6, 6.07) is 7.36. The fraction of sp³-hybridized carbons (Fsp3) is 0.600. The van der Waals surface area contributed by atoms with Crippen LogP contribution in [0.25, 0.3) is 0 Å². The molecule has 5 nitrogen and oxygen atoms in total. The normalized spacial score (nSPS) is 16.3. The van der Waals surface area contributed by atoms with Gasteiger partial charge in [-0.15, -0.1) is 12.4 Å². The molecule has 1 aromatic carbocycles. The number of likely N-dealkylation sites (tertiary alicyclic amines) is 1. The minimum absolute atomic E-state index is 0. The Morgan fingerprint density at radius 3 is 2.27 bits per heavy atom. The van der Waals surface area contributed by atoms with Gasteiger partial charge in [-0.1, -0.05) is 38.1 Å². The van der Waals surface area contributed by atoms with E-state index in [1.807, 2.05) is 12.1 Å². The number of ketones is 1. The molecule has 1 heterocycles. The van der Waals surface area contributed by atoms with Gasteiger partial charge in [-0.3, -0.25) is 9.59 Å². The zero-order chi connectivity index (χ0) is 18.4. The molecule has 1 aromatic rings. The first-order valence-electron chi connectivity index (χ1n) is 9.08. The zero-order valence-electron chi connectivity index (χ0n) is 15.9. The molecular formula is C20H31ClN2O3. The third-order valence-electron chi connectivity index (χ3n) is 4.72. The highest BCUT2D eigenvalue weighted by molar-refractivity contribution is 5.98. The maximum Gasteiger partial charge on any atom is 0.241 e. The van der Waals surface area contributed by atoms with Gasteiger partial charge in [0.1, 0.15) is 6.04 Å². The summed E-state index contributed by atoms with van der Waals surface area (Å²) in [5.41, 5.74) is 7.84. The molecule has 1 aliphatic rings. The largest absolute Gasteiger partial charge is 0.383 e. The van der Waals surface area contributed by atoms with Crippen molar-refractivity contribution in [2.75, 3.05) is 26.8 Å². The number of methoxy groups -OCH3 is 1. The molecular weight excluding hydrogens is 352 g/mol. The highest BCUT2D eigenvalue weighted by Crippen LogP contribution is 2.23. The lowest BCUT2D eigenvalue weighted by Crippen LogP contribution is -2.49. The summed E-state index contributed by atoms with van der Waals surface area (Å²) >= 11 is 0. The summed E-state index contributed by atoms with van der Waals surface area (Å²) in [6.07, 6.45) is 2.41. The van der Waals surface area contributed by atoms with Crippen LogP contribution in [0.1, 0.15) is 42.6 Å². The number of hydrogen-bond acceptors (Lipinski definition) is 4. The van der Waals surface area contributed by atoms with Crippen molar-refractivity contribution in [1.82, 2.24) is 4.90 Å². The molecule has 1 amide bonds. The molecule has 0 saturated carbocycles. The van der Waals surface area contributed by atoms with Crippen LogP contribution in [-0.2, 0) is 16.0 Å². The molecule has 1 saturated heterocycles. The van der Waals surface area contributed by atoms with Gasteiger partial charge in [-0.05, 0) is 30.7 Å². The summed E-state index contributed by atoms with van der Waals surface area (Å²) in [6.45, 7) is 5.76. The van der Waals surface area contributed by atoms with E-state index in [0.29, 0.717) is 31.8 Å². The zero-order valence-corrected chi connectivity index (χ0v) is 16.8. The molecule has 0 aliphatic carbocycles. The minimum Gasteiger partial charge on any atom is -0.383 e. The van der Waals surface area contributed by atoms with Crippen LogP contribution in [0.4, 0.5) is 0 Å². The minimum atomic E-state index is -0.620. The summed E-state index contributed by atoms with van der Waals surface area (Å²) in [5, 5.41) is 0. The van der Waals surface area contributed by atoms with E-state index < -0.39 is 6.04 Å². The quantitative estimate of drug-likeness (QED) is 0.736. The average Bonchev–Trinajstić information content (AvgIpc) is 2.61. The van der Waals surface area contributed by atoms with Gasteiger partial charge in [0.2, 0.25) is 5.91 Å². The van der Waals surface area contributed by atoms with Crippen molar-refractivity contribution in [2.45, 2.75) is 39.2 Å². The summed E-state index contributed by atoms with van der Waals surface area (Å²) in [7, 11) is 1.53. The Kier molecular flexibility index (Phi) is 9.27. The molecule has 1 unspecified atom stereocenters. The van der Waals surface area contributed by atoms with Gasteiger partial charge in [-0.25, -0.2) is 0 Å². The molecule has 0 aromatic heterocycles. The Morgan fingerprint density at radius 2 is 1.77 bits per heavy atom. The number of ether oxygens (including phenoxy) is 1. The van der Waals surface area contributed by atoms with Gasteiger partial charge in [0, 0.05) is 31.7 Å². The number of nitrogens with two attached hydrogens (primary N) is 1. The number of amides is 1. The Hall–Kier alpha value is -1.43. The fourth-order valence-electron chi connectivity index (χ4n) is 3.36. The highest BCUT2D eigenvalue weighted by atomic mass is 35.5. The lowest BCUT2D eigenvalue weighted by molar-refractivity contribution is -0.135. The fourth-order valence-corrected chi connectivity index (χ4v) is 3.36. The van der Waals surface area contributed by atoms with Crippen LogP contribution < -0.4 is 5.73 Å². The van der Waals surface area contributed by atoms with Crippen LogP contribution in [0.3, 0.4) is 0 Å². The lowest BCUT2D eigenvalue weighted by Gasteiger charge is -2.32. The van der Waals surface area contributed by atoms with E-state index in [1.165, 1.54) is 12.7 Å². The van der Waals surface area contributed by atoms with Crippen LogP contribution in [0.2, 0.25) is 0 Å². The first-order valence-corrected chi connectivity index (χ1v) is 9.08. The monoisotopic (exact) mass is 382 g/mol. The van der Waals surface area contributed by atoms with Gasteiger partial charge in [0.05, 0.1) is 6.61 Å². The van der Waals surface area contributed by atoms with Gasteiger partial charge in [0.25, 0.3) is 0 Å². The smallest absolute Gasteiger partial charge is 0.241 e. The average molecular weight is 383 g/mol. The third kappa shape index (κ3) is 6.08. The molecule has 146 valence electrons. The van der Waals surface area contributed by atoms with Crippen molar-refractivity contribution < 1.29 is 14.3 Å². The first kappa shape index (κ1) is 22.6. The van der Waals surface area contributed by atoms with E-state index in [1.54, 1.807) is 4.90 Å². The first-order chi connectivity index (χ1) is 11.9. The van der Waals surface area contributed by atoms with E-state index in [9.17, 15) is 9.59 Å². The van der Waals surface area contributed by atoms with Gasteiger partial charge < -0.3 is 15.4 Å². The molecule has 6 heteroatoms. The number of carbonyl (C=O) groups is 2. The number of hydrogen-bond donors (Lipinski definition) is 1. The van der Waals surface area contributed by atoms with Crippen LogP contribution in [0.5, 0.6) is 0 Å². The number of halogens is 1. The number of Topliss-reactive ketones (excluding diaryl/α,β-unsaturated/α-hetero) is 1. The number of rotatable bonds is 7. The maximum atomic E-state index is 12.7. The number of piperidine rings is 1. The second-order valence-corrected chi connectivity index (χ2v) is 7.32. The van der Waals surface area contributed by atoms with Crippen LogP contribution in [0.15, 0.2) is 24.3 Å². The van der Waals surface area contributed by atoms with Crippen LogP contribution in [-0.4, -0.2) is 49.4 Å². The topological polar surface area (TPSA) is 72.6 Å². The Morgan fingerprint density at radius 1 is 1.19 bits per heavy atom. The maximum absolute atomic E-state index is 12.7. The number of carbonyl (C=O) groups excluding carboxylic acids is 2. The van der Waals surface area contributed by atoms with E-state index >= 15 is 0 Å². The van der Waals surface area contributed by atoms with Crippen LogP contribution in [0, 0.1) is 11.8 Å². The molecule has 1 fully saturated rings.